The molecule has 0 spiro atoms. The van der Waals surface area contributed by atoms with Gasteiger partial charge in [0.15, 0.2) is 6.10 Å². The smallest absolute Gasteiger partial charge is 0.268 e. The summed E-state index contributed by atoms with van der Waals surface area (Å²) in [6, 6.07) is 13.9. The van der Waals surface area contributed by atoms with E-state index in [0.29, 0.717) is 17.1 Å². The minimum Gasteiger partial charge on any atom is -0.393 e. The lowest BCUT2D eigenvalue weighted by molar-refractivity contribution is -0.143. The maximum Gasteiger partial charge on any atom is 0.268 e. The Bertz CT molecular complexity index is 1110. The Morgan fingerprint density at radius 2 is 2.03 bits per heavy atom. The van der Waals surface area contributed by atoms with Crippen molar-refractivity contribution in [3.8, 4) is 0 Å². The lowest BCUT2D eigenvalue weighted by atomic mass is 10.0. The van der Waals surface area contributed by atoms with E-state index in [-0.39, 0.29) is 11.9 Å². The third-order valence-corrected chi connectivity index (χ3v) is 5.80. The molecule has 1 heterocycles. The normalized spacial score (nSPS) is 18.8. The highest BCUT2D eigenvalue weighted by atomic mass is 35.5. The molecule has 7 nitrogen and oxygen atoms in total. The second kappa shape index (κ2) is 8.10. The van der Waals surface area contributed by atoms with Crippen molar-refractivity contribution in [3.05, 3.63) is 70.4 Å². The third-order valence-electron chi connectivity index (χ3n) is 5.56. The van der Waals surface area contributed by atoms with Gasteiger partial charge < -0.3 is 25.4 Å². The fourth-order valence-electron chi connectivity index (χ4n) is 4.10. The summed E-state index contributed by atoms with van der Waals surface area (Å²) in [6.45, 7) is -0.661. The van der Waals surface area contributed by atoms with Crippen molar-refractivity contribution in [2.75, 3.05) is 13.7 Å². The first kappa shape index (κ1) is 20.4. The fourth-order valence-corrected chi connectivity index (χ4v) is 4.29. The molecule has 3 aromatic rings. The Kier molecular flexibility index (Phi) is 5.51. The van der Waals surface area contributed by atoms with E-state index in [1.807, 2.05) is 30.3 Å². The van der Waals surface area contributed by atoms with Gasteiger partial charge in [0.25, 0.3) is 11.8 Å². The van der Waals surface area contributed by atoms with Crippen LogP contribution in [0.15, 0.2) is 48.5 Å². The molecule has 2 amide bonds. The summed E-state index contributed by atoms with van der Waals surface area (Å²) in [5, 5.41) is 23.4. The molecule has 0 radical (unpaired) electrons. The highest BCUT2D eigenvalue weighted by molar-refractivity contribution is 6.31. The molecule has 30 heavy (non-hydrogen) atoms. The predicted octanol–water partition coefficient (Wildman–Crippen LogP) is 2.03. The maximum absolute atomic E-state index is 13.0. The number of fused-ring (bicyclic) bond motifs is 2. The summed E-state index contributed by atoms with van der Waals surface area (Å²) in [7, 11) is 1.57. The van der Waals surface area contributed by atoms with Gasteiger partial charge in [-0.3, -0.25) is 9.59 Å². The van der Waals surface area contributed by atoms with E-state index in [9.17, 15) is 14.7 Å². The molecule has 4 N–H and O–H groups in total. The second-order valence-electron chi connectivity index (χ2n) is 7.49. The van der Waals surface area contributed by atoms with E-state index in [0.717, 1.165) is 22.0 Å². The molecule has 4 rings (SSSR count). The monoisotopic (exact) mass is 427 g/mol. The van der Waals surface area contributed by atoms with Gasteiger partial charge in [-0.25, -0.2) is 0 Å². The second-order valence-corrected chi connectivity index (χ2v) is 7.93. The van der Waals surface area contributed by atoms with Gasteiger partial charge in [0.2, 0.25) is 0 Å². The van der Waals surface area contributed by atoms with Gasteiger partial charge >= 0.3 is 0 Å². The van der Waals surface area contributed by atoms with Crippen LogP contribution in [-0.2, 0) is 11.2 Å². The van der Waals surface area contributed by atoms with Crippen LogP contribution in [0.1, 0.15) is 27.7 Å². The number of hydrogen-bond acceptors (Lipinski definition) is 4. The zero-order chi connectivity index (χ0) is 21.4. The number of aliphatic hydroxyl groups is 2. The van der Waals surface area contributed by atoms with Crippen molar-refractivity contribution < 1.29 is 19.8 Å². The largest absolute Gasteiger partial charge is 0.393 e. The summed E-state index contributed by atoms with van der Waals surface area (Å²) in [6.07, 6.45) is -0.955. The number of H-pyrrole nitrogens is 1. The number of aliphatic hydroxyl groups excluding tert-OH is 2. The Balaban J connectivity index is 1.61. The van der Waals surface area contributed by atoms with Crippen LogP contribution in [0.3, 0.4) is 0 Å². The maximum atomic E-state index is 13.0. The number of aromatic nitrogens is 1. The molecule has 0 unspecified atom stereocenters. The Morgan fingerprint density at radius 3 is 2.80 bits per heavy atom. The van der Waals surface area contributed by atoms with Gasteiger partial charge in [-0.15, -0.1) is 0 Å². The van der Waals surface area contributed by atoms with Crippen LogP contribution < -0.4 is 5.32 Å². The molecule has 8 heteroatoms. The first-order valence-corrected chi connectivity index (χ1v) is 9.99. The van der Waals surface area contributed by atoms with Crippen LogP contribution in [0, 0.1) is 0 Å². The van der Waals surface area contributed by atoms with E-state index in [1.165, 1.54) is 4.90 Å². The van der Waals surface area contributed by atoms with Gasteiger partial charge in [0.05, 0.1) is 18.7 Å². The van der Waals surface area contributed by atoms with Crippen molar-refractivity contribution in [1.29, 1.82) is 0 Å². The lowest BCUT2D eigenvalue weighted by Crippen LogP contribution is -2.48. The van der Waals surface area contributed by atoms with Crippen LogP contribution >= 0.6 is 11.6 Å². The quantitative estimate of drug-likeness (QED) is 0.500. The number of nitrogens with zero attached hydrogens (tertiary/aromatic N) is 1. The molecule has 2 aromatic carbocycles. The molecule has 0 saturated heterocycles. The summed E-state index contributed by atoms with van der Waals surface area (Å²) < 4.78 is 0. The first-order chi connectivity index (χ1) is 14.4. The van der Waals surface area contributed by atoms with Gasteiger partial charge in [-0.05, 0) is 41.8 Å². The fraction of sp³-hybridized carbons (Fsp3) is 0.273. The molecule has 1 aromatic heterocycles. The average molecular weight is 428 g/mol. The van der Waals surface area contributed by atoms with Crippen LogP contribution in [0.4, 0.5) is 0 Å². The van der Waals surface area contributed by atoms with Crippen LogP contribution in [0.25, 0.3) is 10.9 Å². The van der Waals surface area contributed by atoms with E-state index >= 15 is 0 Å². The number of benzene rings is 2. The third kappa shape index (κ3) is 3.67. The molecular weight excluding hydrogens is 406 g/mol. The first-order valence-electron chi connectivity index (χ1n) is 9.61. The molecule has 156 valence electrons. The number of rotatable bonds is 5. The summed E-state index contributed by atoms with van der Waals surface area (Å²) in [4.78, 5) is 30.0. The predicted molar refractivity (Wildman–Crippen MR) is 113 cm³/mol. The van der Waals surface area contributed by atoms with E-state index in [1.54, 1.807) is 25.2 Å². The molecule has 3 atom stereocenters. The number of amides is 2. The van der Waals surface area contributed by atoms with Crippen LogP contribution in [0.2, 0.25) is 5.02 Å². The molecule has 0 fully saturated rings. The number of carbonyl (C=O) groups excluding carboxylic acids is 2. The van der Waals surface area contributed by atoms with Crippen LogP contribution in [0.5, 0.6) is 0 Å². The zero-order valence-electron chi connectivity index (χ0n) is 16.3. The molecule has 1 aliphatic carbocycles. The van der Waals surface area contributed by atoms with Crippen molar-refractivity contribution >= 4 is 34.3 Å². The summed E-state index contributed by atoms with van der Waals surface area (Å²) >= 11 is 6.03. The Morgan fingerprint density at radius 1 is 1.27 bits per heavy atom. The van der Waals surface area contributed by atoms with Gasteiger partial charge in [-0.1, -0.05) is 35.9 Å². The van der Waals surface area contributed by atoms with Crippen molar-refractivity contribution in [2.24, 2.45) is 0 Å². The molecule has 0 bridgehead atoms. The molecule has 0 aliphatic heterocycles. The minimum absolute atomic E-state index is 0.298. The van der Waals surface area contributed by atoms with Crippen molar-refractivity contribution in [3.63, 3.8) is 0 Å². The Hall–Kier alpha value is -2.87. The SMILES string of the molecule is CN(C(=O)[C@H](O)CO)[C@@H]1c2ccccc2C[C@H]1NC(=O)c1cc2cc(Cl)ccc2[nH]1. The van der Waals surface area contributed by atoms with Crippen molar-refractivity contribution in [1.82, 2.24) is 15.2 Å². The van der Waals surface area contributed by atoms with E-state index < -0.39 is 24.7 Å². The molecular formula is C22H22ClN3O4. The van der Waals surface area contributed by atoms with E-state index in [4.69, 9.17) is 16.7 Å². The van der Waals surface area contributed by atoms with Gasteiger partial charge in [0, 0.05) is 23.0 Å². The highest BCUT2D eigenvalue weighted by Crippen LogP contribution is 2.36. The summed E-state index contributed by atoms with van der Waals surface area (Å²) in [5.41, 5.74) is 3.13. The lowest BCUT2D eigenvalue weighted by Gasteiger charge is -2.32. The number of nitrogens with one attached hydrogen (secondary N) is 2. The van der Waals surface area contributed by atoms with E-state index in [2.05, 4.69) is 10.3 Å². The summed E-state index contributed by atoms with van der Waals surface area (Å²) in [5.74, 6) is -0.896. The number of carbonyl (C=O) groups is 2. The number of likely N-dealkylation sites (N-methyl/N-ethyl adjacent to an activating group) is 1. The average Bonchev–Trinajstić information content (AvgIpc) is 3.32. The zero-order valence-corrected chi connectivity index (χ0v) is 17.1. The van der Waals surface area contributed by atoms with Crippen LogP contribution in [-0.4, -0.2) is 57.7 Å². The highest BCUT2D eigenvalue weighted by Gasteiger charge is 2.39. The minimum atomic E-state index is -1.50. The topological polar surface area (TPSA) is 106 Å². The van der Waals surface area contributed by atoms with Gasteiger partial charge in [-0.2, -0.15) is 0 Å². The number of halogens is 1. The van der Waals surface area contributed by atoms with Crippen molar-refractivity contribution in [2.45, 2.75) is 24.6 Å². The van der Waals surface area contributed by atoms with Gasteiger partial charge in [0.1, 0.15) is 5.69 Å². The molecule has 0 saturated carbocycles. The number of aromatic amines is 1. The standard InChI is InChI=1S/C22H22ClN3O4/c1-26(22(30)19(28)11-27)20-15-5-3-2-4-12(15)9-17(20)25-21(29)18-10-13-8-14(23)6-7-16(13)24-18/h2-8,10,17,19-20,24,27-28H,9,11H2,1H3,(H,25,29)/t17-,19-,20-/m1/s1. The number of hydrogen-bond donors (Lipinski definition) is 4. The Labute approximate surface area is 178 Å². The molecule has 1 aliphatic rings.